The number of amides is 1. The average molecular weight is 463 g/mol. The Hall–Kier alpha value is -2.34. The highest BCUT2D eigenvalue weighted by Gasteiger charge is 2.32. The van der Waals surface area contributed by atoms with Gasteiger partial charge < -0.3 is 15.3 Å². The first-order valence-electron chi connectivity index (χ1n) is 8.87. The highest BCUT2D eigenvalue weighted by Crippen LogP contribution is 2.32. The number of aromatic nitrogens is 1. The van der Waals surface area contributed by atoms with Crippen molar-refractivity contribution in [2.45, 2.75) is 29.4 Å². The number of hydrogen-bond donors (Lipinski definition) is 2. The van der Waals surface area contributed by atoms with E-state index in [9.17, 15) is 27.2 Å². The molecule has 1 atom stereocenters. The molecular weight excluding hydrogens is 446 g/mol. The van der Waals surface area contributed by atoms with E-state index in [1.807, 2.05) is 0 Å². The normalized spacial score (nSPS) is 16.9. The molecule has 0 spiro atoms. The van der Waals surface area contributed by atoms with Crippen molar-refractivity contribution in [2.24, 2.45) is 0 Å². The van der Waals surface area contributed by atoms with Gasteiger partial charge in [0.05, 0.1) is 11.3 Å². The maximum atomic E-state index is 13.9. The second-order valence-corrected chi connectivity index (χ2v) is 8.71. The highest BCUT2D eigenvalue weighted by atomic mass is 32.2. The standard InChI is InChI=1S/C18H17F4N3O3S2/c19-12-3-1-10(18(20,21)22)7-13(12)23-8-11-2-4-15(26)25(11)5-6-29-17-24-14(9-30-17)16(27)28/h1,3,7,9,11,23H,2,4-6,8H2,(H,27,28)/t11-/m1/s1. The molecule has 2 N–H and O–H groups in total. The SMILES string of the molecule is O=C(O)c1csc(SCCN2C(=O)CC[C@@H]2CNc2cc(C(F)(F)F)ccc2F)n1. The summed E-state index contributed by atoms with van der Waals surface area (Å²) in [5.74, 6) is -1.52. The lowest BCUT2D eigenvalue weighted by Gasteiger charge is -2.25. The zero-order valence-electron chi connectivity index (χ0n) is 15.4. The molecule has 0 aliphatic carbocycles. The molecule has 0 saturated carbocycles. The number of thioether (sulfide) groups is 1. The molecule has 1 fully saturated rings. The third-order valence-electron chi connectivity index (χ3n) is 4.53. The lowest BCUT2D eigenvalue weighted by atomic mass is 10.1. The molecule has 30 heavy (non-hydrogen) atoms. The number of benzene rings is 1. The van der Waals surface area contributed by atoms with Crippen LogP contribution < -0.4 is 5.32 Å². The number of nitrogens with one attached hydrogen (secondary N) is 1. The zero-order valence-corrected chi connectivity index (χ0v) is 17.0. The van der Waals surface area contributed by atoms with Gasteiger partial charge in [0.2, 0.25) is 5.91 Å². The number of aromatic carboxylic acids is 1. The van der Waals surface area contributed by atoms with Gasteiger partial charge in [0.25, 0.3) is 0 Å². The van der Waals surface area contributed by atoms with Crippen LogP contribution in [0.3, 0.4) is 0 Å². The molecule has 1 aliphatic rings. The van der Waals surface area contributed by atoms with Crippen LogP contribution in [-0.4, -0.2) is 51.8 Å². The first kappa shape index (κ1) is 22.3. The van der Waals surface area contributed by atoms with Crippen LogP contribution in [0, 0.1) is 5.82 Å². The van der Waals surface area contributed by atoms with E-state index in [2.05, 4.69) is 10.3 Å². The molecule has 2 aromatic rings. The molecule has 0 bridgehead atoms. The van der Waals surface area contributed by atoms with Crippen molar-refractivity contribution in [1.82, 2.24) is 9.88 Å². The lowest BCUT2D eigenvalue weighted by Crippen LogP contribution is -2.39. The van der Waals surface area contributed by atoms with E-state index < -0.39 is 23.5 Å². The van der Waals surface area contributed by atoms with E-state index in [0.717, 1.165) is 12.1 Å². The fraction of sp³-hybridized carbons (Fsp3) is 0.389. The molecule has 3 rings (SSSR count). The molecule has 1 aromatic carbocycles. The average Bonchev–Trinajstić information content (AvgIpc) is 3.28. The van der Waals surface area contributed by atoms with E-state index in [-0.39, 0.29) is 29.9 Å². The van der Waals surface area contributed by atoms with Gasteiger partial charge in [0.15, 0.2) is 10.0 Å². The van der Waals surface area contributed by atoms with Gasteiger partial charge in [0, 0.05) is 36.7 Å². The van der Waals surface area contributed by atoms with Crippen molar-refractivity contribution in [1.29, 1.82) is 0 Å². The Kier molecular flexibility index (Phi) is 6.86. The van der Waals surface area contributed by atoms with Crippen LogP contribution in [0.2, 0.25) is 0 Å². The van der Waals surface area contributed by atoms with Crippen molar-refractivity contribution >= 4 is 40.7 Å². The largest absolute Gasteiger partial charge is 0.476 e. The van der Waals surface area contributed by atoms with E-state index >= 15 is 0 Å². The van der Waals surface area contributed by atoms with Gasteiger partial charge in [0.1, 0.15) is 5.82 Å². The molecule has 1 amide bonds. The van der Waals surface area contributed by atoms with Crippen molar-refractivity contribution in [3.05, 3.63) is 40.7 Å². The number of rotatable bonds is 8. The quantitative estimate of drug-likeness (QED) is 0.451. The van der Waals surface area contributed by atoms with E-state index in [1.54, 1.807) is 4.90 Å². The number of nitrogens with zero attached hydrogens (tertiary/aromatic N) is 2. The third-order valence-corrected chi connectivity index (χ3v) is 6.54. The Morgan fingerprint density at radius 2 is 2.17 bits per heavy atom. The van der Waals surface area contributed by atoms with E-state index in [1.165, 1.54) is 28.5 Å². The summed E-state index contributed by atoms with van der Waals surface area (Å²) in [6.07, 6.45) is -3.76. The molecule has 1 aromatic heterocycles. The predicted octanol–water partition coefficient (Wildman–Crippen LogP) is 4.19. The summed E-state index contributed by atoms with van der Waals surface area (Å²) in [7, 11) is 0. The number of carboxylic acids is 1. The number of hydrogen-bond acceptors (Lipinski definition) is 6. The van der Waals surface area contributed by atoms with Crippen LogP contribution in [0.5, 0.6) is 0 Å². The minimum atomic E-state index is -4.58. The van der Waals surface area contributed by atoms with E-state index in [0.29, 0.717) is 35.5 Å². The molecule has 12 heteroatoms. The zero-order chi connectivity index (χ0) is 21.9. The number of carbonyl (C=O) groups is 2. The van der Waals surface area contributed by atoms with Crippen LogP contribution in [0.4, 0.5) is 23.2 Å². The molecular formula is C18H17F4N3O3S2. The van der Waals surface area contributed by atoms with Gasteiger partial charge in [-0.25, -0.2) is 14.2 Å². The van der Waals surface area contributed by atoms with Gasteiger partial charge in [-0.2, -0.15) is 13.2 Å². The fourth-order valence-electron chi connectivity index (χ4n) is 3.03. The molecule has 0 radical (unpaired) electrons. The Labute approximate surface area is 177 Å². The summed E-state index contributed by atoms with van der Waals surface area (Å²) in [5.41, 5.74) is -1.25. The number of anilines is 1. The lowest BCUT2D eigenvalue weighted by molar-refractivity contribution is -0.137. The second kappa shape index (κ2) is 9.21. The minimum absolute atomic E-state index is 0.0371. The van der Waals surface area contributed by atoms with Crippen LogP contribution in [-0.2, 0) is 11.0 Å². The topological polar surface area (TPSA) is 82.5 Å². The molecule has 0 unspecified atom stereocenters. The summed E-state index contributed by atoms with van der Waals surface area (Å²) >= 11 is 2.51. The van der Waals surface area contributed by atoms with E-state index in [4.69, 9.17) is 5.11 Å². The molecule has 162 valence electrons. The summed E-state index contributed by atoms with van der Waals surface area (Å²) in [4.78, 5) is 28.6. The Balaban J connectivity index is 1.56. The van der Waals surface area contributed by atoms with Crippen LogP contribution in [0.15, 0.2) is 27.9 Å². The number of carbonyl (C=O) groups excluding carboxylic acids is 1. The molecule has 6 nitrogen and oxygen atoms in total. The van der Waals surface area contributed by atoms with Crippen molar-refractivity contribution in [2.75, 3.05) is 24.2 Å². The van der Waals surface area contributed by atoms with Crippen molar-refractivity contribution < 1.29 is 32.3 Å². The van der Waals surface area contributed by atoms with Crippen LogP contribution in [0.1, 0.15) is 28.9 Å². The number of carboxylic acid groups (broad SMARTS) is 1. The number of alkyl halides is 3. The Morgan fingerprint density at radius 1 is 1.40 bits per heavy atom. The number of likely N-dealkylation sites (tertiary alicyclic amines) is 1. The highest BCUT2D eigenvalue weighted by molar-refractivity contribution is 8.01. The first-order valence-corrected chi connectivity index (χ1v) is 10.7. The maximum Gasteiger partial charge on any atom is 0.416 e. The third kappa shape index (κ3) is 5.42. The first-order chi connectivity index (χ1) is 14.1. The summed E-state index contributed by atoms with van der Waals surface area (Å²) in [6.45, 7) is 0.484. The van der Waals surface area contributed by atoms with Crippen LogP contribution in [0.25, 0.3) is 0 Å². The smallest absolute Gasteiger partial charge is 0.416 e. The predicted molar refractivity (Wildman–Crippen MR) is 104 cm³/mol. The number of thiazole rings is 1. The maximum absolute atomic E-state index is 13.9. The summed E-state index contributed by atoms with van der Waals surface area (Å²) < 4.78 is 53.0. The minimum Gasteiger partial charge on any atom is -0.476 e. The van der Waals surface area contributed by atoms with Gasteiger partial charge in [-0.1, -0.05) is 11.8 Å². The summed E-state index contributed by atoms with van der Waals surface area (Å²) in [5, 5.41) is 13.0. The van der Waals surface area contributed by atoms with Crippen molar-refractivity contribution in [3.63, 3.8) is 0 Å². The Morgan fingerprint density at radius 3 is 2.83 bits per heavy atom. The monoisotopic (exact) mass is 463 g/mol. The molecule has 2 heterocycles. The Bertz CT molecular complexity index is 936. The fourth-order valence-corrected chi connectivity index (χ4v) is 4.84. The van der Waals surface area contributed by atoms with Gasteiger partial charge >= 0.3 is 12.1 Å². The van der Waals surface area contributed by atoms with Gasteiger partial charge in [-0.05, 0) is 24.6 Å². The molecule has 1 aliphatic heterocycles. The van der Waals surface area contributed by atoms with Crippen molar-refractivity contribution in [3.8, 4) is 0 Å². The van der Waals surface area contributed by atoms with Crippen LogP contribution >= 0.6 is 23.1 Å². The molecule has 1 saturated heterocycles. The second-order valence-electron chi connectivity index (χ2n) is 6.51. The summed E-state index contributed by atoms with van der Waals surface area (Å²) in [6, 6.07) is 1.88. The van der Waals surface area contributed by atoms with Gasteiger partial charge in [-0.3, -0.25) is 4.79 Å². The van der Waals surface area contributed by atoms with Gasteiger partial charge in [-0.15, -0.1) is 11.3 Å². The number of halogens is 4.